The van der Waals surface area contributed by atoms with Crippen LogP contribution in [0.1, 0.15) is 43.3 Å². The maximum absolute atomic E-state index is 11.2. The first-order valence-electron chi connectivity index (χ1n) is 6.34. The molecule has 1 aliphatic rings. The molecule has 0 spiro atoms. The molecular formula is C13H20N2OS. The lowest BCUT2D eigenvalue weighted by molar-refractivity contribution is -0.121. The third-order valence-corrected chi connectivity index (χ3v) is 4.49. The lowest BCUT2D eigenvalue weighted by Gasteiger charge is -2.30. The van der Waals surface area contributed by atoms with Crippen LogP contribution in [0.4, 0.5) is 0 Å². The third-order valence-electron chi connectivity index (χ3n) is 3.45. The van der Waals surface area contributed by atoms with Gasteiger partial charge in [0.25, 0.3) is 0 Å². The van der Waals surface area contributed by atoms with Crippen LogP contribution in [0.2, 0.25) is 0 Å². The molecule has 0 aromatic carbocycles. The molecule has 1 fully saturated rings. The summed E-state index contributed by atoms with van der Waals surface area (Å²) in [5, 5.41) is 3.37. The van der Waals surface area contributed by atoms with Crippen molar-refractivity contribution in [2.75, 3.05) is 7.05 Å². The molecule has 0 amide bonds. The molecule has 3 nitrogen and oxygen atoms in total. The molecule has 1 saturated carbocycles. The van der Waals surface area contributed by atoms with Crippen LogP contribution in [0, 0.1) is 0 Å². The lowest BCUT2D eigenvalue weighted by Crippen LogP contribution is -2.34. The van der Waals surface area contributed by atoms with E-state index in [1.54, 1.807) is 11.3 Å². The fourth-order valence-corrected chi connectivity index (χ4v) is 3.07. The molecule has 1 aromatic heterocycles. The highest BCUT2D eigenvalue weighted by atomic mass is 32.1. The monoisotopic (exact) mass is 252 g/mol. The Morgan fingerprint density at radius 3 is 2.76 bits per heavy atom. The van der Waals surface area contributed by atoms with Crippen LogP contribution < -0.4 is 0 Å². The highest BCUT2D eigenvalue weighted by molar-refractivity contribution is 7.09. The molecular weight excluding hydrogens is 232 g/mol. The van der Waals surface area contributed by atoms with Gasteiger partial charge in [0.05, 0.1) is 10.7 Å². The van der Waals surface area contributed by atoms with Gasteiger partial charge >= 0.3 is 0 Å². The van der Waals surface area contributed by atoms with Gasteiger partial charge in [0, 0.05) is 30.8 Å². The number of carbonyl (C=O) groups is 1. The summed E-state index contributed by atoms with van der Waals surface area (Å²) >= 11 is 1.75. The number of Topliss-reactive ketones (excluding diaryl/α,β-unsaturated/α-hetero) is 1. The summed E-state index contributed by atoms with van der Waals surface area (Å²) < 4.78 is 0. The van der Waals surface area contributed by atoms with Crippen molar-refractivity contribution in [3.8, 4) is 0 Å². The SMILES string of the molecule is CCc1nc(CN(C)C2CCC(=O)CC2)cs1. The average molecular weight is 252 g/mol. The van der Waals surface area contributed by atoms with Gasteiger partial charge in [-0.2, -0.15) is 0 Å². The zero-order chi connectivity index (χ0) is 12.3. The van der Waals surface area contributed by atoms with Crippen LogP contribution in [-0.4, -0.2) is 28.8 Å². The Morgan fingerprint density at radius 2 is 2.18 bits per heavy atom. The first-order valence-corrected chi connectivity index (χ1v) is 7.22. The predicted octanol–water partition coefficient (Wildman–Crippen LogP) is 2.65. The van der Waals surface area contributed by atoms with Gasteiger partial charge in [0.1, 0.15) is 5.78 Å². The summed E-state index contributed by atoms with van der Waals surface area (Å²) in [4.78, 5) is 18.1. The number of ketones is 1. The summed E-state index contributed by atoms with van der Waals surface area (Å²) in [5.41, 5.74) is 1.17. The largest absolute Gasteiger partial charge is 0.300 e. The minimum absolute atomic E-state index is 0.427. The maximum atomic E-state index is 11.2. The molecule has 2 rings (SSSR count). The van der Waals surface area contributed by atoms with Crippen molar-refractivity contribution in [3.63, 3.8) is 0 Å². The topological polar surface area (TPSA) is 33.2 Å². The zero-order valence-electron chi connectivity index (χ0n) is 10.6. The van der Waals surface area contributed by atoms with E-state index in [-0.39, 0.29) is 0 Å². The minimum Gasteiger partial charge on any atom is -0.300 e. The van der Waals surface area contributed by atoms with Gasteiger partial charge < -0.3 is 0 Å². The van der Waals surface area contributed by atoms with Gasteiger partial charge in [-0.25, -0.2) is 4.98 Å². The molecule has 4 heteroatoms. The molecule has 17 heavy (non-hydrogen) atoms. The molecule has 0 atom stereocenters. The van der Waals surface area contributed by atoms with Crippen LogP contribution in [0.15, 0.2) is 5.38 Å². The van der Waals surface area contributed by atoms with Gasteiger partial charge in [-0.05, 0) is 26.3 Å². The Labute approximate surface area is 107 Å². The van der Waals surface area contributed by atoms with Crippen LogP contribution in [0.5, 0.6) is 0 Å². The summed E-state index contributed by atoms with van der Waals surface area (Å²) in [7, 11) is 2.14. The van der Waals surface area contributed by atoms with Crippen molar-refractivity contribution in [3.05, 3.63) is 16.1 Å². The van der Waals surface area contributed by atoms with Crippen molar-refractivity contribution in [2.24, 2.45) is 0 Å². The molecule has 0 radical (unpaired) electrons. The number of thiazole rings is 1. The predicted molar refractivity (Wildman–Crippen MR) is 70.2 cm³/mol. The summed E-state index contributed by atoms with van der Waals surface area (Å²) in [6, 6.07) is 0.555. The molecule has 1 heterocycles. The zero-order valence-corrected chi connectivity index (χ0v) is 11.4. The van der Waals surface area contributed by atoms with E-state index in [9.17, 15) is 4.79 Å². The Bertz CT molecular complexity index is 379. The minimum atomic E-state index is 0.427. The quantitative estimate of drug-likeness (QED) is 0.826. The van der Waals surface area contributed by atoms with E-state index in [1.807, 2.05) is 0 Å². The smallest absolute Gasteiger partial charge is 0.133 e. The number of aromatic nitrogens is 1. The van der Waals surface area contributed by atoms with Gasteiger partial charge in [-0.1, -0.05) is 6.92 Å². The molecule has 0 N–H and O–H groups in total. The number of aryl methyl sites for hydroxylation is 1. The molecule has 1 aromatic rings. The second kappa shape index (κ2) is 5.74. The fourth-order valence-electron chi connectivity index (χ4n) is 2.33. The van der Waals surface area contributed by atoms with E-state index in [1.165, 1.54) is 10.7 Å². The highest BCUT2D eigenvalue weighted by Gasteiger charge is 2.22. The second-order valence-corrected chi connectivity index (χ2v) is 5.71. The van der Waals surface area contributed by atoms with Crippen molar-refractivity contribution < 1.29 is 4.79 Å². The second-order valence-electron chi connectivity index (χ2n) is 4.77. The Morgan fingerprint density at radius 1 is 1.47 bits per heavy atom. The maximum Gasteiger partial charge on any atom is 0.133 e. The van der Waals surface area contributed by atoms with Crippen molar-refractivity contribution in [1.82, 2.24) is 9.88 Å². The first kappa shape index (κ1) is 12.7. The van der Waals surface area contributed by atoms with E-state index in [4.69, 9.17) is 0 Å². The molecule has 0 unspecified atom stereocenters. The molecule has 0 aliphatic heterocycles. The first-order chi connectivity index (χ1) is 8.19. The number of nitrogens with zero attached hydrogens (tertiary/aromatic N) is 2. The van der Waals surface area contributed by atoms with Gasteiger partial charge in [0.15, 0.2) is 0 Å². The van der Waals surface area contributed by atoms with Crippen molar-refractivity contribution in [1.29, 1.82) is 0 Å². The van der Waals surface area contributed by atoms with E-state index >= 15 is 0 Å². The molecule has 1 aliphatic carbocycles. The van der Waals surface area contributed by atoms with E-state index in [0.29, 0.717) is 11.8 Å². The Balaban J connectivity index is 1.87. The van der Waals surface area contributed by atoms with Gasteiger partial charge in [-0.3, -0.25) is 9.69 Å². The van der Waals surface area contributed by atoms with Crippen LogP contribution >= 0.6 is 11.3 Å². The standard InChI is InChI=1S/C13H20N2OS/c1-3-13-14-10(9-17-13)8-15(2)11-4-6-12(16)7-5-11/h9,11H,3-8H2,1-2H3. The summed E-state index contributed by atoms with van der Waals surface area (Å²) in [5.74, 6) is 0.427. The van der Waals surface area contributed by atoms with Crippen molar-refractivity contribution >= 4 is 17.1 Å². The normalized spacial score (nSPS) is 17.9. The Hall–Kier alpha value is -0.740. The van der Waals surface area contributed by atoms with Crippen LogP contribution in [0.25, 0.3) is 0 Å². The van der Waals surface area contributed by atoms with E-state index < -0.39 is 0 Å². The average Bonchev–Trinajstić information content (AvgIpc) is 2.77. The van der Waals surface area contributed by atoms with E-state index in [0.717, 1.165) is 38.6 Å². The number of hydrogen-bond acceptors (Lipinski definition) is 4. The van der Waals surface area contributed by atoms with E-state index in [2.05, 4.69) is 29.2 Å². The number of hydrogen-bond donors (Lipinski definition) is 0. The number of carbonyl (C=O) groups excluding carboxylic acids is 1. The third kappa shape index (κ3) is 3.36. The van der Waals surface area contributed by atoms with Crippen LogP contribution in [-0.2, 0) is 17.8 Å². The van der Waals surface area contributed by atoms with Crippen molar-refractivity contribution in [2.45, 2.75) is 51.6 Å². The summed E-state index contributed by atoms with van der Waals surface area (Å²) in [6.07, 6.45) is 4.56. The molecule has 0 bridgehead atoms. The molecule has 0 saturated heterocycles. The van der Waals surface area contributed by atoms with Gasteiger partial charge in [-0.15, -0.1) is 11.3 Å². The molecule has 94 valence electrons. The van der Waals surface area contributed by atoms with Gasteiger partial charge in [0.2, 0.25) is 0 Å². The highest BCUT2D eigenvalue weighted by Crippen LogP contribution is 2.21. The van der Waals surface area contributed by atoms with Crippen LogP contribution in [0.3, 0.4) is 0 Å². The number of rotatable bonds is 4. The Kier molecular flexibility index (Phi) is 4.29. The summed E-state index contributed by atoms with van der Waals surface area (Å²) in [6.45, 7) is 3.05. The fraction of sp³-hybridized carbons (Fsp3) is 0.692. The lowest BCUT2D eigenvalue weighted by atomic mass is 9.93.